The highest BCUT2D eigenvalue weighted by Crippen LogP contribution is 2.16. The van der Waals surface area contributed by atoms with Crippen molar-refractivity contribution >= 4 is 17.7 Å². The van der Waals surface area contributed by atoms with Crippen molar-refractivity contribution in [2.45, 2.75) is 46.1 Å². The number of hydrogen-bond acceptors (Lipinski definition) is 3. The average Bonchev–Trinajstić information content (AvgIpc) is 2.17. The molecule has 0 aromatic heterocycles. The van der Waals surface area contributed by atoms with E-state index in [1.807, 2.05) is 25.6 Å². The molecule has 3 N–H and O–H groups in total. The van der Waals surface area contributed by atoms with Crippen LogP contribution in [0.5, 0.6) is 0 Å². The van der Waals surface area contributed by atoms with Crippen LogP contribution in [0.1, 0.15) is 40.5 Å². The third-order valence-corrected chi connectivity index (χ3v) is 3.71. The highest BCUT2D eigenvalue weighted by Gasteiger charge is 2.28. The molecular weight excluding hydrogens is 220 g/mol. The molecule has 0 fully saturated rings. The van der Waals surface area contributed by atoms with Gasteiger partial charge in [0.1, 0.15) is 0 Å². The van der Waals surface area contributed by atoms with Crippen molar-refractivity contribution in [3.8, 4) is 0 Å². The number of primary amides is 1. The number of likely N-dealkylation sites (N-methyl/N-ethyl adjacent to an activating group) is 1. The van der Waals surface area contributed by atoms with Crippen LogP contribution in [0.4, 0.5) is 0 Å². The van der Waals surface area contributed by atoms with Crippen LogP contribution in [-0.2, 0) is 4.79 Å². The van der Waals surface area contributed by atoms with Gasteiger partial charge >= 0.3 is 0 Å². The Morgan fingerprint density at radius 1 is 1.44 bits per heavy atom. The van der Waals surface area contributed by atoms with Gasteiger partial charge in [-0.3, -0.25) is 4.79 Å². The van der Waals surface area contributed by atoms with Gasteiger partial charge in [0.15, 0.2) is 0 Å². The minimum Gasteiger partial charge on any atom is -0.368 e. The van der Waals surface area contributed by atoms with Crippen molar-refractivity contribution in [3.05, 3.63) is 0 Å². The molecule has 4 heteroatoms. The van der Waals surface area contributed by atoms with Crippen LogP contribution in [0.25, 0.3) is 0 Å². The van der Waals surface area contributed by atoms with Gasteiger partial charge in [0, 0.05) is 0 Å². The Bertz CT molecular complexity index is 209. The number of carbonyl (C=O) groups is 1. The smallest absolute Gasteiger partial charge is 0.237 e. The standard InChI is InChI=1S/C12H26N2OS/c1-5-14-12(4,11(13)15)7-9-16-8-6-10(2)3/h10,14H,5-9H2,1-4H3,(H2,13,15). The van der Waals surface area contributed by atoms with Gasteiger partial charge in [-0.1, -0.05) is 20.8 Å². The fraction of sp³-hybridized carbons (Fsp3) is 0.917. The molecule has 16 heavy (non-hydrogen) atoms. The van der Waals surface area contributed by atoms with Crippen LogP contribution in [0, 0.1) is 5.92 Å². The van der Waals surface area contributed by atoms with Gasteiger partial charge in [-0.2, -0.15) is 11.8 Å². The number of hydrogen-bond donors (Lipinski definition) is 2. The van der Waals surface area contributed by atoms with E-state index in [0.717, 1.165) is 24.6 Å². The molecule has 1 unspecified atom stereocenters. The fourth-order valence-electron chi connectivity index (χ4n) is 1.39. The Kier molecular flexibility index (Phi) is 7.85. The van der Waals surface area contributed by atoms with E-state index in [1.165, 1.54) is 12.2 Å². The minimum atomic E-state index is -0.542. The third-order valence-electron chi connectivity index (χ3n) is 2.70. The Hall–Kier alpha value is -0.220. The SMILES string of the molecule is CCNC(C)(CCSCCC(C)C)C(N)=O. The van der Waals surface area contributed by atoms with Gasteiger partial charge in [-0.05, 0) is 43.7 Å². The number of nitrogens with two attached hydrogens (primary N) is 1. The van der Waals surface area contributed by atoms with Crippen LogP contribution in [-0.4, -0.2) is 29.5 Å². The van der Waals surface area contributed by atoms with Crippen molar-refractivity contribution in [2.75, 3.05) is 18.1 Å². The van der Waals surface area contributed by atoms with Crippen LogP contribution < -0.4 is 11.1 Å². The quantitative estimate of drug-likeness (QED) is 0.612. The highest BCUT2D eigenvalue weighted by molar-refractivity contribution is 7.99. The van der Waals surface area contributed by atoms with E-state index >= 15 is 0 Å². The molecule has 0 radical (unpaired) electrons. The maximum atomic E-state index is 11.3. The summed E-state index contributed by atoms with van der Waals surface area (Å²) in [5.74, 6) is 2.65. The molecular formula is C12H26N2OS. The summed E-state index contributed by atoms with van der Waals surface area (Å²) in [6.45, 7) is 9.12. The first-order valence-corrected chi connectivity index (χ1v) is 7.20. The minimum absolute atomic E-state index is 0.251. The van der Waals surface area contributed by atoms with Gasteiger partial charge in [0.2, 0.25) is 5.91 Å². The molecule has 0 rings (SSSR count). The summed E-state index contributed by atoms with van der Waals surface area (Å²) in [4.78, 5) is 11.3. The normalized spacial score (nSPS) is 15.1. The monoisotopic (exact) mass is 246 g/mol. The van der Waals surface area contributed by atoms with Gasteiger partial charge in [-0.25, -0.2) is 0 Å². The molecule has 1 amide bonds. The first-order chi connectivity index (χ1) is 7.42. The molecule has 1 atom stereocenters. The van der Waals surface area contributed by atoms with Crippen molar-refractivity contribution in [1.29, 1.82) is 0 Å². The zero-order chi connectivity index (χ0) is 12.6. The topological polar surface area (TPSA) is 55.1 Å². The Morgan fingerprint density at radius 3 is 2.50 bits per heavy atom. The van der Waals surface area contributed by atoms with Crippen LogP contribution in [0.2, 0.25) is 0 Å². The third kappa shape index (κ3) is 6.38. The van der Waals surface area contributed by atoms with Crippen molar-refractivity contribution in [2.24, 2.45) is 11.7 Å². The van der Waals surface area contributed by atoms with Crippen LogP contribution in [0.15, 0.2) is 0 Å². The van der Waals surface area contributed by atoms with Crippen molar-refractivity contribution in [1.82, 2.24) is 5.32 Å². The summed E-state index contributed by atoms with van der Waals surface area (Å²) in [5.41, 5.74) is 4.87. The maximum absolute atomic E-state index is 11.3. The molecule has 0 aliphatic carbocycles. The molecule has 0 bridgehead atoms. The van der Waals surface area contributed by atoms with Crippen LogP contribution >= 0.6 is 11.8 Å². The van der Waals surface area contributed by atoms with Crippen molar-refractivity contribution in [3.63, 3.8) is 0 Å². The van der Waals surface area contributed by atoms with Crippen LogP contribution in [0.3, 0.4) is 0 Å². The number of thioether (sulfide) groups is 1. The maximum Gasteiger partial charge on any atom is 0.237 e. The predicted molar refractivity (Wildman–Crippen MR) is 72.7 cm³/mol. The summed E-state index contributed by atoms with van der Waals surface area (Å²) < 4.78 is 0. The second kappa shape index (κ2) is 7.96. The molecule has 0 saturated carbocycles. The average molecular weight is 246 g/mol. The lowest BCUT2D eigenvalue weighted by Gasteiger charge is -2.26. The Morgan fingerprint density at radius 2 is 2.06 bits per heavy atom. The largest absolute Gasteiger partial charge is 0.368 e. The Balaban J connectivity index is 3.81. The second-order valence-corrected chi connectivity index (χ2v) is 6.00. The summed E-state index contributed by atoms with van der Waals surface area (Å²) >= 11 is 1.90. The van der Waals surface area contributed by atoms with Gasteiger partial charge in [0.05, 0.1) is 5.54 Å². The van der Waals surface area contributed by atoms with Crippen molar-refractivity contribution < 1.29 is 4.79 Å². The first-order valence-electron chi connectivity index (χ1n) is 6.05. The first kappa shape index (κ1) is 15.8. The molecule has 0 heterocycles. The van der Waals surface area contributed by atoms with E-state index in [4.69, 9.17) is 5.73 Å². The number of carbonyl (C=O) groups excluding carboxylic acids is 1. The zero-order valence-corrected chi connectivity index (χ0v) is 11.8. The molecule has 0 saturated heterocycles. The van der Waals surface area contributed by atoms with Gasteiger partial charge in [-0.15, -0.1) is 0 Å². The van der Waals surface area contributed by atoms with E-state index < -0.39 is 5.54 Å². The lowest BCUT2D eigenvalue weighted by Crippen LogP contribution is -2.53. The molecule has 96 valence electrons. The van der Waals surface area contributed by atoms with E-state index in [-0.39, 0.29) is 5.91 Å². The number of nitrogens with one attached hydrogen (secondary N) is 1. The molecule has 0 aromatic rings. The number of rotatable bonds is 9. The van der Waals surface area contributed by atoms with E-state index in [1.54, 1.807) is 0 Å². The molecule has 0 aliphatic rings. The molecule has 3 nitrogen and oxygen atoms in total. The molecule has 0 aliphatic heterocycles. The lowest BCUT2D eigenvalue weighted by atomic mass is 9.98. The Labute approximate surface area is 104 Å². The summed E-state index contributed by atoms with van der Waals surface area (Å²) in [7, 11) is 0. The molecule has 0 spiro atoms. The van der Waals surface area contributed by atoms with E-state index in [9.17, 15) is 4.79 Å². The predicted octanol–water partition coefficient (Wildman–Crippen LogP) is 2.01. The summed E-state index contributed by atoms with van der Waals surface area (Å²) in [6.07, 6.45) is 2.04. The zero-order valence-electron chi connectivity index (χ0n) is 11.0. The lowest BCUT2D eigenvalue weighted by molar-refractivity contribution is -0.123. The summed E-state index contributed by atoms with van der Waals surface area (Å²) in [6, 6.07) is 0. The van der Waals surface area contributed by atoms with Gasteiger partial charge in [0.25, 0.3) is 0 Å². The molecule has 0 aromatic carbocycles. The highest BCUT2D eigenvalue weighted by atomic mass is 32.2. The van der Waals surface area contributed by atoms with E-state index in [0.29, 0.717) is 0 Å². The van der Waals surface area contributed by atoms with Gasteiger partial charge < -0.3 is 11.1 Å². The fourth-order valence-corrected chi connectivity index (χ4v) is 2.78. The van der Waals surface area contributed by atoms with E-state index in [2.05, 4.69) is 19.2 Å². The number of amides is 1. The second-order valence-electron chi connectivity index (χ2n) is 4.77. The summed E-state index contributed by atoms with van der Waals surface area (Å²) in [5, 5.41) is 3.17.